The summed E-state index contributed by atoms with van der Waals surface area (Å²) in [5.41, 5.74) is 3.63. The third-order valence-electron chi connectivity index (χ3n) is 5.28. The van der Waals surface area contributed by atoms with Crippen molar-refractivity contribution in [1.29, 1.82) is 0 Å². The summed E-state index contributed by atoms with van der Waals surface area (Å²) in [6.45, 7) is 0. The molecule has 0 atom stereocenters. The van der Waals surface area contributed by atoms with E-state index >= 15 is 0 Å². The smallest absolute Gasteiger partial charge is 0.258 e. The number of carbonyl (C=O) groups is 1. The Morgan fingerprint density at radius 3 is 2.37 bits per heavy atom. The van der Waals surface area contributed by atoms with E-state index in [0.717, 1.165) is 11.4 Å². The molecule has 2 aromatic heterocycles. The lowest BCUT2D eigenvalue weighted by Gasteiger charge is -2.13. The Bertz CT molecular complexity index is 1530. The van der Waals surface area contributed by atoms with Crippen molar-refractivity contribution in [2.24, 2.45) is 0 Å². The standard InChI is InChI=1S/C27H19F2N5O/c28-17-4-7-25-23(14-17)26(10-13-31-25)33-21-5-6-24(29)22(16-21)27(35)34-20-3-1-2-19(15-20)32-18-8-11-30-12-9-18/h1-16H,(H,30,32)(H,31,33)(H,34,35). The first kappa shape index (κ1) is 22.0. The van der Waals surface area contributed by atoms with E-state index in [1.165, 1.54) is 30.3 Å². The molecule has 172 valence electrons. The van der Waals surface area contributed by atoms with Gasteiger partial charge in [0.15, 0.2) is 0 Å². The molecular weight excluding hydrogens is 448 g/mol. The molecule has 0 saturated carbocycles. The predicted molar refractivity (Wildman–Crippen MR) is 133 cm³/mol. The summed E-state index contributed by atoms with van der Waals surface area (Å²) in [5, 5.41) is 9.65. The molecule has 0 spiro atoms. The maximum Gasteiger partial charge on any atom is 0.258 e. The van der Waals surface area contributed by atoms with Gasteiger partial charge in [-0.1, -0.05) is 6.07 Å². The molecule has 0 bridgehead atoms. The second-order valence-corrected chi connectivity index (χ2v) is 7.74. The fourth-order valence-corrected chi connectivity index (χ4v) is 3.64. The molecule has 0 aliphatic rings. The summed E-state index contributed by atoms with van der Waals surface area (Å²) in [7, 11) is 0. The minimum absolute atomic E-state index is 0.132. The number of fused-ring (bicyclic) bond motifs is 1. The van der Waals surface area contributed by atoms with Gasteiger partial charge in [0.2, 0.25) is 0 Å². The molecule has 0 radical (unpaired) electrons. The first-order valence-electron chi connectivity index (χ1n) is 10.7. The van der Waals surface area contributed by atoms with Crippen LogP contribution in [0.4, 0.5) is 37.2 Å². The van der Waals surface area contributed by atoms with E-state index in [-0.39, 0.29) is 5.56 Å². The Balaban J connectivity index is 1.36. The van der Waals surface area contributed by atoms with Crippen LogP contribution in [0, 0.1) is 11.6 Å². The molecule has 0 saturated heterocycles. The highest BCUT2D eigenvalue weighted by Crippen LogP contribution is 2.27. The van der Waals surface area contributed by atoms with E-state index in [1.54, 1.807) is 48.9 Å². The third-order valence-corrected chi connectivity index (χ3v) is 5.28. The molecule has 2 heterocycles. The van der Waals surface area contributed by atoms with Crippen LogP contribution in [0.5, 0.6) is 0 Å². The average Bonchev–Trinajstić information content (AvgIpc) is 2.86. The molecule has 0 unspecified atom stereocenters. The highest BCUT2D eigenvalue weighted by atomic mass is 19.1. The van der Waals surface area contributed by atoms with Gasteiger partial charge in [0.25, 0.3) is 5.91 Å². The van der Waals surface area contributed by atoms with Gasteiger partial charge in [-0.2, -0.15) is 0 Å². The zero-order valence-corrected chi connectivity index (χ0v) is 18.3. The summed E-state index contributed by atoms with van der Waals surface area (Å²) in [6, 6.07) is 20.8. The minimum atomic E-state index is -0.662. The van der Waals surface area contributed by atoms with Gasteiger partial charge in [-0.3, -0.25) is 14.8 Å². The lowest BCUT2D eigenvalue weighted by molar-refractivity contribution is 0.102. The largest absolute Gasteiger partial charge is 0.355 e. The molecule has 3 aromatic carbocycles. The van der Waals surface area contributed by atoms with Crippen LogP contribution < -0.4 is 16.0 Å². The van der Waals surface area contributed by atoms with Gasteiger partial charge in [-0.05, 0) is 72.8 Å². The highest BCUT2D eigenvalue weighted by molar-refractivity contribution is 6.05. The van der Waals surface area contributed by atoms with Crippen molar-refractivity contribution in [3.8, 4) is 0 Å². The van der Waals surface area contributed by atoms with Gasteiger partial charge in [0.05, 0.1) is 11.1 Å². The first-order valence-corrected chi connectivity index (χ1v) is 10.7. The van der Waals surface area contributed by atoms with Crippen LogP contribution in [0.25, 0.3) is 10.9 Å². The van der Waals surface area contributed by atoms with Crippen LogP contribution in [-0.2, 0) is 0 Å². The van der Waals surface area contributed by atoms with Gasteiger partial charge in [0, 0.05) is 52.4 Å². The number of rotatable bonds is 6. The molecule has 5 aromatic rings. The van der Waals surface area contributed by atoms with Gasteiger partial charge in [-0.25, -0.2) is 8.78 Å². The zero-order valence-electron chi connectivity index (χ0n) is 18.3. The fraction of sp³-hybridized carbons (Fsp3) is 0. The summed E-state index contributed by atoms with van der Waals surface area (Å²) in [5.74, 6) is -1.66. The Hall–Kier alpha value is -4.85. The second kappa shape index (κ2) is 9.56. The van der Waals surface area contributed by atoms with Gasteiger partial charge in [0.1, 0.15) is 11.6 Å². The molecule has 1 amide bonds. The molecule has 5 rings (SSSR count). The molecular formula is C27H19F2N5O. The third kappa shape index (κ3) is 5.06. The van der Waals surface area contributed by atoms with E-state index in [4.69, 9.17) is 0 Å². The van der Waals surface area contributed by atoms with Gasteiger partial charge < -0.3 is 16.0 Å². The van der Waals surface area contributed by atoms with Gasteiger partial charge in [-0.15, -0.1) is 0 Å². The van der Waals surface area contributed by atoms with Crippen molar-refractivity contribution in [2.75, 3.05) is 16.0 Å². The lowest BCUT2D eigenvalue weighted by atomic mass is 10.1. The van der Waals surface area contributed by atoms with E-state index in [9.17, 15) is 13.6 Å². The van der Waals surface area contributed by atoms with E-state index in [2.05, 4.69) is 25.9 Å². The number of aromatic nitrogens is 2. The first-order chi connectivity index (χ1) is 17.0. The predicted octanol–water partition coefficient (Wildman–Crippen LogP) is 6.65. The molecule has 0 fully saturated rings. The number of nitrogens with zero attached hydrogens (tertiary/aromatic N) is 2. The topological polar surface area (TPSA) is 78.9 Å². The van der Waals surface area contributed by atoms with Crippen LogP contribution in [0.1, 0.15) is 10.4 Å². The number of anilines is 5. The number of hydrogen-bond donors (Lipinski definition) is 3. The molecule has 35 heavy (non-hydrogen) atoms. The molecule has 8 heteroatoms. The Kier molecular flexibility index (Phi) is 6.00. The molecule has 3 N–H and O–H groups in total. The van der Waals surface area contributed by atoms with Crippen LogP contribution >= 0.6 is 0 Å². The molecule has 0 aliphatic heterocycles. The molecule has 6 nitrogen and oxygen atoms in total. The minimum Gasteiger partial charge on any atom is -0.355 e. The fourth-order valence-electron chi connectivity index (χ4n) is 3.64. The summed E-state index contributed by atoms with van der Waals surface area (Å²) < 4.78 is 28.3. The number of pyridine rings is 2. The monoisotopic (exact) mass is 467 g/mol. The average molecular weight is 467 g/mol. The van der Waals surface area contributed by atoms with Crippen LogP contribution in [0.2, 0.25) is 0 Å². The number of hydrogen-bond acceptors (Lipinski definition) is 5. The van der Waals surface area contributed by atoms with Crippen molar-refractivity contribution in [3.05, 3.63) is 115 Å². The van der Waals surface area contributed by atoms with Crippen molar-refractivity contribution >= 4 is 45.2 Å². The maximum absolute atomic E-state index is 14.6. The van der Waals surface area contributed by atoms with E-state index in [0.29, 0.717) is 28.0 Å². The zero-order chi connectivity index (χ0) is 24.2. The maximum atomic E-state index is 14.6. The summed E-state index contributed by atoms with van der Waals surface area (Å²) in [6.07, 6.45) is 4.93. The Morgan fingerprint density at radius 2 is 1.51 bits per heavy atom. The van der Waals surface area contributed by atoms with E-state index in [1.807, 2.05) is 18.2 Å². The quantitative estimate of drug-likeness (QED) is 0.261. The lowest BCUT2D eigenvalue weighted by Crippen LogP contribution is -2.14. The van der Waals surface area contributed by atoms with Crippen molar-refractivity contribution < 1.29 is 13.6 Å². The SMILES string of the molecule is O=C(Nc1cccc(Nc2ccncc2)c1)c1cc(Nc2ccnc3ccc(F)cc23)ccc1F. The number of carbonyl (C=O) groups excluding carboxylic acids is 1. The van der Waals surface area contributed by atoms with Crippen molar-refractivity contribution in [3.63, 3.8) is 0 Å². The molecule has 0 aliphatic carbocycles. The van der Waals surface area contributed by atoms with E-state index < -0.39 is 17.5 Å². The second-order valence-electron chi connectivity index (χ2n) is 7.74. The van der Waals surface area contributed by atoms with Crippen molar-refractivity contribution in [1.82, 2.24) is 9.97 Å². The highest BCUT2D eigenvalue weighted by Gasteiger charge is 2.14. The number of halogens is 2. The van der Waals surface area contributed by atoms with Gasteiger partial charge >= 0.3 is 0 Å². The normalized spacial score (nSPS) is 10.7. The Labute approximate surface area is 199 Å². The number of amides is 1. The van der Waals surface area contributed by atoms with Crippen molar-refractivity contribution in [2.45, 2.75) is 0 Å². The van der Waals surface area contributed by atoms with Crippen LogP contribution in [-0.4, -0.2) is 15.9 Å². The number of benzene rings is 3. The van der Waals surface area contributed by atoms with Crippen LogP contribution in [0.3, 0.4) is 0 Å². The summed E-state index contributed by atoms with van der Waals surface area (Å²) in [4.78, 5) is 21.1. The summed E-state index contributed by atoms with van der Waals surface area (Å²) >= 11 is 0. The number of nitrogens with one attached hydrogen (secondary N) is 3. The Morgan fingerprint density at radius 1 is 0.714 bits per heavy atom. The van der Waals surface area contributed by atoms with Crippen LogP contribution in [0.15, 0.2) is 97.5 Å².